The average Bonchev–Trinajstić information content (AvgIpc) is 2.85. The molecule has 1 aliphatic rings. The standard InChI is InChI=1S/C10H16N4O/c1-2-14-9(12-7-13-14)8(15)10(11)5-3-4-6-10/h7H,2-6,11H2,1H3. The fourth-order valence-corrected chi connectivity index (χ4v) is 2.13. The average molecular weight is 208 g/mol. The Hall–Kier alpha value is -1.23. The Kier molecular flexibility index (Phi) is 2.56. The molecular formula is C10H16N4O. The first kappa shape index (κ1) is 10.3. The molecule has 0 aromatic carbocycles. The first-order valence-electron chi connectivity index (χ1n) is 5.39. The fraction of sp³-hybridized carbons (Fsp3) is 0.700. The van der Waals surface area contributed by atoms with Crippen LogP contribution >= 0.6 is 0 Å². The predicted octanol–water partition coefficient (Wildman–Crippen LogP) is 0.752. The van der Waals surface area contributed by atoms with Crippen molar-refractivity contribution >= 4 is 5.78 Å². The lowest BCUT2D eigenvalue weighted by Crippen LogP contribution is -2.46. The second-order valence-corrected chi connectivity index (χ2v) is 4.09. The first-order valence-corrected chi connectivity index (χ1v) is 5.39. The highest BCUT2D eigenvalue weighted by Gasteiger charge is 2.39. The number of carbonyl (C=O) groups excluding carboxylic acids is 1. The number of ketones is 1. The van der Waals surface area contributed by atoms with E-state index in [1.165, 1.54) is 6.33 Å². The topological polar surface area (TPSA) is 73.8 Å². The van der Waals surface area contributed by atoms with Gasteiger partial charge in [0.25, 0.3) is 0 Å². The molecule has 2 rings (SSSR count). The van der Waals surface area contributed by atoms with Gasteiger partial charge >= 0.3 is 0 Å². The molecular weight excluding hydrogens is 192 g/mol. The monoisotopic (exact) mass is 208 g/mol. The van der Waals surface area contributed by atoms with Crippen LogP contribution in [0.1, 0.15) is 43.2 Å². The van der Waals surface area contributed by atoms with Gasteiger partial charge in [0, 0.05) is 6.54 Å². The van der Waals surface area contributed by atoms with E-state index in [0.717, 1.165) is 25.7 Å². The molecule has 1 aromatic rings. The van der Waals surface area contributed by atoms with Crippen molar-refractivity contribution in [2.75, 3.05) is 0 Å². The number of Topliss-reactive ketones (excluding diaryl/α,β-unsaturated/α-hetero) is 1. The Labute approximate surface area is 88.7 Å². The van der Waals surface area contributed by atoms with Crippen LogP contribution in [0.25, 0.3) is 0 Å². The Morgan fingerprint density at radius 2 is 2.27 bits per heavy atom. The van der Waals surface area contributed by atoms with E-state index >= 15 is 0 Å². The van der Waals surface area contributed by atoms with Crippen molar-refractivity contribution in [2.45, 2.75) is 44.7 Å². The van der Waals surface area contributed by atoms with Gasteiger partial charge in [0.2, 0.25) is 5.78 Å². The van der Waals surface area contributed by atoms with Crippen molar-refractivity contribution in [1.29, 1.82) is 0 Å². The van der Waals surface area contributed by atoms with Gasteiger partial charge in [-0.2, -0.15) is 5.10 Å². The van der Waals surface area contributed by atoms with E-state index in [2.05, 4.69) is 10.1 Å². The van der Waals surface area contributed by atoms with E-state index in [-0.39, 0.29) is 5.78 Å². The van der Waals surface area contributed by atoms with E-state index in [4.69, 9.17) is 5.73 Å². The van der Waals surface area contributed by atoms with E-state index in [1.807, 2.05) is 6.92 Å². The number of nitrogens with two attached hydrogens (primary N) is 1. The molecule has 1 aromatic heterocycles. The maximum absolute atomic E-state index is 12.2. The summed E-state index contributed by atoms with van der Waals surface area (Å²) < 4.78 is 1.61. The summed E-state index contributed by atoms with van der Waals surface area (Å²) in [4.78, 5) is 16.2. The van der Waals surface area contributed by atoms with Crippen LogP contribution in [0.4, 0.5) is 0 Å². The number of aryl methyl sites for hydroxylation is 1. The summed E-state index contributed by atoms with van der Waals surface area (Å²) >= 11 is 0. The van der Waals surface area contributed by atoms with Crippen molar-refractivity contribution in [3.05, 3.63) is 12.2 Å². The van der Waals surface area contributed by atoms with Crippen LogP contribution < -0.4 is 5.73 Å². The van der Waals surface area contributed by atoms with Crippen LogP contribution in [-0.2, 0) is 6.54 Å². The number of rotatable bonds is 3. The normalized spacial score (nSPS) is 19.3. The molecule has 0 amide bonds. The Bertz CT molecular complexity index is 365. The first-order chi connectivity index (χ1) is 7.17. The summed E-state index contributed by atoms with van der Waals surface area (Å²) in [5.74, 6) is 0.348. The molecule has 0 atom stereocenters. The molecule has 5 nitrogen and oxygen atoms in total. The number of nitrogens with zero attached hydrogens (tertiary/aromatic N) is 3. The number of carbonyl (C=O) groups is 1. The van der Waals surface area contributed by atoms with Crippen LogP contribution in [0.2, 0.25) is 0 Å². The van der Waals surface area contributed by atoms with Gasteiger partial charge in [-0.1, -0.05) is 12.8 Å². The Morgan fingerprint density at radius 3 is 2.87 bits per heavy atom. The van der Waals surface area contributed by atoms with E-state index in [0.29, 0.717) is 12.4 Å². The van der Waals surface area contributed by atoms with E-state index in [9.17, 15) is 4.79 Å². The second kappa shape index (κ2) is 3.73. The summed E-state index contributed by atoms with van der Waals surface area (Å²) in [6, 6.07) is 0. The SMILES string of the molecule is CCn1ncnc1C(=O)C1(N)CCCC1. The third kappa shape index (κ3) is 1.67. The van der Waals surface area contributed by atoms with Crippen molar-refractivity contribution in [1.82, 2.24) is 14.8 Å². The van der Waals surface area contributed by atoms with Crippen LogP contribution in [0, 0.1) is 0 Å². The summed E-state index contributed by atoms with van der Waals surface area (Å²) in [5.41, 5.74) is 5.39. The maximum atomic E-state index is 12.2. The van der Waals surface area contributed by atoms with Crippen molar-refractivity contribution < 1.29 is 4.79 Å². The van der Waals surface area contributed by atoms with Crippen molar-refractivity contribution in [3.8, 4) is 0 Å². The number of hydrogen-bond donors (Lipinski definition) is 1. The minimum Gasteiger partial charge on any atom is -0.319 e. The summed E-state index contributed by atoms with van der Waals surface area (Å²) in [6.45, 7) is 2.58. The number of hydrogen-bond acceptors (Lipinski definition) is 4. The largest absolute Gasteiger partial charge is 0.319 e. The molecule has 15 heavy (non-hydrogen) atoms. The molecule has 0 unspecified atom stereocenters. The van der Waals surface area contributed by atoms with Gasteiger partial charge in [0.05, 0.1) is 5.54 Å². The lowest BCUT2D eigenvalue weighted by molar-refractivity contribution is 0.0875. The second-order valence-electron chi connectivity index (χ2n) is 4.09. The van der Waals surface area contributed by atoms with Gasteiger partial charge in [0.15, 0.2) is 5.82 Å². The molecule has 1 fully saturated rings. The molecule has 2 N–H and O–H groups in total. The van der Waals surface area contributed by atoms with Gasteiger partial charge in [-0.3, -0.25) is 4.79 Å². The van der Waals surface area contributed by atoms with Crippen LogP contribution in [0.15, 0.2) is 6.33 Å². The smallest absolute Gasteiger partial charge is 0.219 e. The van der Waals surface area contributed by atoms with Gasteiger partial charge in [-0.25, -0.2) is 9.67 Å². The van der Waals surface area contributed by atoms with Crippen LogP contribution in [-0.4, -0.2) is 26.1 Å². The van der Waals surface area contributed by atoms with Crippen molar-refractivity contribution in [3.63, 3.8) is 0 Å². The van der Waals surface area contributed by atoms with Gasteiger partial charge < -0.3 is 5.73 Å². The molecule has 0 aliphatic heterocycles. The molecule has 0 saturated heterocycles. The van der Waals surface area contributed by atoms with Crippen LogP contribution in [0.3, 0.4) is 0 Å². The van der Waals surface area contributed by atoms with Crippen molar-refractivity contribution in [2.24, 2.45) is 5.73 Å². The zero-order valence-corrected chi connectivity index (χ0v) is 8.94. The van der Waals surface area contributed by atoms with Gasteiger partial charge in [-0.05, 0) is 19.8 Å². The van der Waals surface area contributed by atoms with Gasteiger partial charge in [0.1, 0.15) is 6.33 Å². The molecule has 5 heteroatoms. The van der Waals surface area contributed by atoms with E-state index in [1.54, 1.807) is 4.68 Å². The third-order valence-corrected chi connectivity index (χ3v) is 3.07. The molecule has 1 saturated carbocycles. The highest BCUT2D eigenvalue weighted by atomic mass is 16.1. The lowest BCUT2D eigenvalue weighted by Gasteiger charge is -2.20. The summed E-state index contributed by atoms with van der Waals surface area (Å²) in [6.07, 6.45) is 5.00. The molecule has 0 radical (unpaired) electrons. The molecule has 1 heterocycles. The molecule has 0 bridgehead atoms. The lowest BCUT2D eigenvalue weighted by atomic mass is 9.93. The highest BCUT2D eigenvalue weighted by Crippen LogP contribution is 2.29. The van der Waals surface area contributed by atoms with E-state index < -0.39 is 5.54 Å². The minimum atomic E-state index is -0.694. The summed E-state index contributed by atoms with van der Waals surface area (Å²) in [5, 5.41) is 3.99. The quantitative estimate of drug-likeness (QED) is 0.744. The fourth-order valence-electron chi connectivity index (χ4n) is 2.13. The summed E-state index contributed by atoms with van der Waals surface area (Å²) in [7, 11) is 0. The molecule has 1 aliphatic carbocycles. The highest BCUT2D eigenvalue weighted by molar-refractivity contribution is 6.00. The zero-order valence-electron chi connectivity index (χ0n) is 8.94. The Balaban J connectivity index is 2.27. The predicted molar refractivity (Wildman–Crippen MR) is 55.4 cm³/mol. The minimum absolute atomic E-state index is 0.0562. The molecule has 0 spiro atoms. The van der Waals surface area contributed by atoms with Crippen LogP contribution in [0.5, 0.6) is 0 Å². The zero-order chi connectivity index (χ0) is 10.9. The maximum Gasteiger partial charge on any atom is 0.219 e. The Morgan fingerprint density at radius 1 is 1.60 bits per heavy atom. The number of aromatic nitrogens is 3. The molecule has 82 valence electrons. The third-order valence-electron chi connectivity index (χ3n) is 3.07. The van der Waals surface area contributed by atoms with Gasteiger partial charge in [-0.15, -0.1) is 0 Å².